The molecule has 3 nitrogen and oxygen atoms in total. The van der Waals surface area contributed by atoms with Gasteiger partial charge >= 0.3 is 0 Å². The van der Waals surface area contributed by atoms with Gasteiger partial charge in [-0.1, -0.05) is 12.1 Å². The molecule has 1 aromatic rings. The zero-order valence-corrected chi connectivity index (χ0v) is 8.52. The van der Waals surface area contributed by atoms with Crippen molar-refractivity contribution in [3.63, 3.8) is 0 Å². The highest BCUT2D eigenvalue weighted by molar-refractivity contribution is 6.00. The molecule has 2 aliphatic heterocycles. The van der Waals surface area contributed by atoms with Gasteiger partial charge in [0.25, 0.3) is 0 Å². The molecule has 15 heavy (non-hydrogen) atoms. The summed E-state index contributed by atoms with van der Waals surface area (Å²) < 4.78 is 0. The van der Waals surface area contributed by atoms with Gasteiger partial charge in [0, 0.05) is 24.2 Å². The minimum atomic E-state index is 0.300. The molecule has 1 amide bonds. The van der Waals surface area contributed by atoms with Crippen molar-refractivity contribution in [2.24, 2.45) is 11.7 Å². The van der Waals surface area contributed by atoms with Gasteiger partial charge in [0.2, 0.25) is 5.91 Å². The second-order valence-corrected chi connectivity index (χ2v) is 4.40. The molecular weight excluding hydrogens is 188 g/mol. The zero-order chi connectivity index (χ0) is 10.4. The second kappa shape index (κ2) is 3.07. The lowest BCUT2D eigenvalue weighted by molar-refractivity contribution is -0.119. The maximum Gasteiger partial charge on any atom is 0.230 e. The number of hydrogen-bond acceptors (Lipinski definition) is 2. The van der Waals surface area contributed by atoms with Crippen LogP contribution in [0.2, 0.25) is 0 Å². The van der Waals surface area contributed by atoms with Crippen LogP contribution in [0.5, 0.6) is 0 Å². The molecule has 2 saturated heterocycles. The highest BCUT2D eigenvalue weighted by atomic mass is 16.2. The molecule has 2 heterocycles. The minimum Gasteiger partial charge on any atom is -0.326 e. The van der Waals surface area contributed by atoms with Crippen LogP contribution in [-0.4, -0.2) is 11.9 Å². The van der Waals surface area contributed by atoms with Gasteiger partial charge in [-0.3, -0.25) is 4.79 Å². The van der Waals surface area contributed by atoms with Crippen LogP contribution >= 0.6 is 0 Å². The Morgan fingerprint density at radius 1 is 1.40 bits per heavy atom. The number of nitrogens with zero attached hydrogens (tertiary/aromatic N) is 1. The highest BCUT2D eigenvalue weighted by Gasteiger charge is 2.50. The molecule has 1 aromatic carbocycles. The predicted molar refractivity (Wildman–Crippen MR) is 58.3 cm³/mol. The average Bonchev–Trinajstić information content (AvgIpc) is 2.69. The van der Waals surface area contributed by atoms with E-state index in [4.69, 9.17) is 5.73 Å². The van der Waals surface area contributed by atoms with Gasteiger partial charge in [-0.05, 0) is 30.5 Å². The lowest BCUT2D eigenvalue weighted by Gasteiger charge is -2.25. The summed E-state index contributed by atoms with van der Waals surface area (Å²) in [6, 6.07) is 8.45. The molecule has 4 rings (SSSR count). The van der Waals surface area contributed by atoms with E-state index in [0.29, 0.717) is 24.4 Å². The van der Waals surface area contributed by atoms with Gasteiger partial charge in [-0.15, -0.1) is 0 Å². The fourth-order valence-corrected chi connectivity index (χ4v) is 2.55. The molecule has 1 aliphatic carbocycles. The van der Waals surface area contributed by atoms with Crippen LogP contribution in [0.1, 0.15) is 18.4 Å². The average molecular weight is 202 g/mol. The Kier molecular flexibility index (Phi) is 1.83. The van der Waals surface area contributed by atoms with Crippen LogP contribution in [0.4, 0.5) is 5.69 Å². The Morgan fingerprint density at radius 3 is 2.80 bits per heavy atom. The number of carbonyl (C=O) groups excluding carboxylic acids is 1. The van der Waals surface area contributed by atoms with Crippen molar-refractivity contribution in [1.82, 2.24) is 0 Å². The Bertz CT molecular complexity index is 410. The molecule has 0 unspecified atom stereocenters. The fraction of sp³-hybridized carbons (Fsp3) is 0.417. The largest absolute Gasteiger partial charge is 0.326 e. The second-order valence-electron chi connectivity index (χ2n) is 4.40. The summed E-state index contributed by atoms with van der Waals surface area (Å²) in [5.41, 5.74) is 7.70. The quantitative estimate of drug-likeness (QED) is 0.785. The van der Waals surface area contributed by atoms with Gasteiger partial charge in [-0.25, -0.2) is 0 Å². The SMILES string of the molecule is NCc1cccc(N2C(=O)C3CC2C3)c1. The summed E-state index contributed by atoms with van der Waals surface area (Å²) in [6.45, 7) is 0.532. The molecule has 0 spiro atoms. The van der Waals surface area contributed by atoms with Crippen LogP contribution in [0, 0.1) is 5.92 Å². The molecule has 3 heteroatoms. The van der Waals surface area contributed by atoms with Gasteiger partial charge in [0.05, 0.1) is 0 Å². The molecule has 3 fully saturated rings. The monoisotopic (exact) mass is 202 g/mol. The number of amides is 1. The molecule has 78 valence electrons. The standard InChI is InChI=1S/C12H14N2O/c13-7-8-2-1-3-10(4-8)14-11-5-9(6-11)12(14)15/h1-4,9,11H,5-7,13H2. The maximum atomic E-state index is 11.8. The summed E-state index contributed by atoms with van der Waals surface area (Å²) in [5.74, 6) is 0.603. The van der Waals surface area contributed by atoms with E-state index in [1.165, 1.54) is 0 Å². The Hall–Kier alpha value is -1.35. The molecule has 1 saturated carbocycles. The van der Waals surface area contributed by atoms with Crippen molar-refractivity contribution in [3.8, 4) is 0 Å². The van der Waals surface area contributed by atoms with Crippen molar-refractivity contribution >= 4 is 11.6 Å². The van der Waals surface area contributed by atoms with E-state index in [9.17, 15) is 4.79 Å². The molecule has 0 aromatic heterocycles. The molecule has 0 radical (unpaired) electrons. The van der Waals surface area contributed by atoms with Crippen LogP contribution in [-0.2, 0) is 11.3 Å². The predicted octanol–water partition coefficient (Wildman–Crippen LogP) is 1.27. The van der Waals surface area contributed by atoms with E-state index < -0.39 is 0 Å². The van der Waals surface area contributed by atoms with Gasteiger partial charge in [0.15, 0.2) is 0 Å². The van der Waals surface area contributed by atoms with E-state index in [0.717, 1.165) is 24.1 Å². The molecular formula is C12H14N2O. The Balaban J connectivity index is 1.95. The lowest BCUT2D eigenvalue weighted by atomic mass is 9.86. The van der Waals surface area contributed by atoms with Gasteiger partial charge in [-0.2, -0.15) is 0 Å². The topological polar surface area (TPSA) is 46.3 Å². The Morgan fingerprint density at radius 2 is 2.20 bits per heavy atom. The maximum absolute atomic E-state index is 11.8. The van der Waals surface area contributed by atoms with E-state index >= 15 is 0 Å². The third kappa shape index (κ3) is 1.20. The molecule has 2 bridgehead atoms. The summed E-state index contributed by atoms with van der Waals surface area (Å²) in [4.78, 5) is 13.8. The van der Waals surface area contributed by atoms with Crippen molar-refractivity contribution in [1.29, 1.82) is 0 Å². The zero-order valence-electron chi connectivity index (χ0n) is 8.52. The van der Waals surface area contributed by atoms with E-state index in [2.05, 4.69) is 0 Å². The molecule has 3 aliphatic rings. The minimum absolute atomic E-state index is 0.300. The first-order valence-electron chi connectivity index (χ1n) is 5.41. The van der Waals surface area contributed by atoms with Crippen molar-refractivity contribution in [2.45, 2.75) is 25.4 Å². The van der Waals surface area contributed by atoms with Gasteiger partial charge in [0.1, 0.15) is 0 Å². The molecule has 2 N–H and O–H groups in total. The first-order chi connectivity index (χ1) is 7.29. The summed E-state index contributed by atoms with van der Waals surface area (Å²) in [6.07, 6.45) is 2.09. The third-order valence-corrected chi connectivity index (χ3v) is 3.49. The van der Waals surface area contributed by atoms with Crippen LogP contribution < -0.4 is 10.6 Å². The number of fused-ring (bicyclic) bond motifs is 1. The van der Waals surface area contributed by atoms with Crippen molar-refractivity contribution < 1.29 is 4.79 Å². The fourth-order valence-electron chi connectivity index (χ4n) is 2.55. The smallest absolute Gasteiger partial charge is 0.230 e. The Labute approximate surface area is 88.9 Å². The number of carbonyl (C=O) groups is 1. The number of benzene rings is 1. The normalized spacial score (nSPS) is 28.1. The van der Waals surface area contributed by atoms with Gasteiger partial charge < -0.3 is 10.6 Å². The first-order valence-corrected chi connectivity index (χ1v) is 5.41. The molecule has 0 atom stereocenters. The first kappa shape index (κ1) is 8.92. The van der Waals surface area contributed by atoms with Crippen LogP contribution in [0.3, 0.4) is 0 Å². The summed E-state index contributed by atoms with van der Waals surface area (Å²) in [7, 11) is 0. The van der Waals surface area contributed by atoms with Crippen LogP contribution in [0.25, 0.3) is 0 Å². The third-order valence-electron chi connectivity index (χ3n) is 3.49. The lowest BCUT2D eigenvalue weighted by Crippen LogP contribution is -2.29. The number of anilines is 1. The highest BCUT2D eigenvalue weighted by Crippen LogP contribution is 2.44. The summed E-state index contributed by atoms with van der Waals surface area (Å²) in [5, 5.41) is 0. The number of hydrogen-bond donors (Lipinski definition) is 1. The number of rotatable bonds is 2. The summed E-state index contributed by atoms with van der Waals surface area (Å²) >= 11 is 0. The van der Waals surface area contributed by atoms with Crippen molar-refractivity contribution in [2.75, 3.05) is 4.90 Å². The van der Waals surface area contributed by atoms with E-state index in [-0.39, 0.29) is 0 Å². The van der Waals surface area contributed by atoms with E-state index in [1.54, 1.807) is 0 Å². The van der Waals surface area contributed by atoms with E-state index in [1.807, 2.05) is 29.2 Å². The number of nitrogens with two attached hydrogens (primary N) is 1. The van der Waals surface area contributed by atoms with Crippen molar-refractivity contribution in [3.05, 3.63) is 29.8 Å². The van der Waals surface area contributed by atoms with Crippen LogP contribution in [0.15, 0.2) is 24.3 Å².